The number of nitrogen functional groups attached to an aromatic ring is 1. The second kappa shape index (κ2) is 5.30. The molecule has 0 aliphatic rings. The average Bonchev–Trinajstić information content (AvgIpc) is 2.91. The summed E-state index contributed by atoms with van der Waals surface area (Å²) in [6, 6.07) is 11.6. The molecule has 0 saturated carbocycles. The van der Waals surface area contributed by atoms with E-state index in [0.717, 1.165) is 16.3 Å². The Balaban J connectivity index is 1.95. The van der Waals surface area contributed by atoms with Crippen molar-refractivity contribution in [2.24, 2.45) is 0 Å². The highest BCUT2D eigenvalue weighted by molar-refractivity contribution is 7.99. The first-order valence-corrected chi connectivity index (χ1v) is 6.79. The van der Waals surface area contributed by atoms with Crippen molar-refractivity contribution in [3.63, 3.8) is 0 Å². The number of rotatable bonds is 3. The molecule has 7 heteroatoms. The van der Waals surface area contributed by atoms with Gasteiger partial charge >= 0.3 is 0 Å². The maximum absolute atomic E-state index is 5.70. The number of nitrogens with zero attached hydrogens (tertiary/aromatic N) is 5. The monoisotopic (exact) mass is 284 g/mol. The Morgan fingerprint density at radius 1 is 1.20 bits per heavy atom. The highest BCUT2D eigenvalue weighted by Gasteiger charge is 2.12. The summed E-state index contributed by atoms with van der Waals surface area (Å²) >= 11 is 1.41. The van der Waals surface area contributed by atoms with Gasteiger partial charge in [-0.15, -0.1) is 5.10 Å². The Bertz CT molecular complexity index is 725. The zero-order valence-corrected chi connectivity index (χ0v) is 11.6. The van der Waals surface area contributed by atoms with Crippen molar-refractivity contribution in [1.82, 2.24) is 25.2 Å². The SMILES string of the molecule is Cc1cc(N)cnc1Sc1nnnn1-c1ccccc1. The van der Waals surface area contributed by atoms with Gasteiger partial charge in [0.2, 0.25) is 5.16 Å². The Morgan fingerprint density at radius 2 is 2.00 bits per heavy atom. The molecule has 2 heterocycles. The molecule has 1 aromatic carbocycles. The van der Waals surface area contributed by atoms with Crippen LogP contribution >= 0.6 is 11.8 Å². The van der Waals surface area contributed by atoms with Gasteiger partial charge in [-0.3, -0.25) is 0 Å². The van der Waals surface area contributed by atoms with Crippen LogP contribution in [0.4, 0.5) is 5.69 Å². The fraction of sp³-hybridized carbons (Fsp3) is 0.0769. The minimum atomic E-state index is 0.648. The minimum absolute atomic E-state index is 0.648. The molecule has 0 aliphatic heterocycles. The van der Waals surface area contributed by atoms with E-state index in [1.54, 1.807) is 10.9 Å². The van der Waals surface area contributed by atoms with E-state index >= 15 is 0 Å². The van der Waals surface area contributed by atoms with E-state index in [9.17, 15) is 0 Å². The molecule has 6 nitrogen and oxygen atoms in total. The number of aromatic nitrogens is 5. The zero-order valence-electron chi connectivity index (χ0n) is 10.8. The van der Waals surface area contributed by atoms with Crippen LogP contribution in [0, 0.1) is 6.92 Å². The van der Waals surface area contributed by atoms with Crippen LogP contribution in [0.25, 0.3) is 5.69 Å². The van der Waals surface area contributed by atoms with E-state index < -0.39 is 0 Å². The van der Waals surface area contributed by atoms with E-state index in [1.165, 1.54) is 11.8 Å². The third-order valence-corrected chi connectivity index (χ3v) is 3.74. The zero-order chi connectivity index (χ0) is 13.9. The molecule has 0 saturated heterocycles. The van der Waals surface area contributed by atoms with Crippen LogP contribution in [-0.4, -0.2) is 25.2 Å². The Hall–Kier alpha value is -2.41. The van der Waals surface area contributed by atoms with Crippen LogP contribution in [0.5, 0.6) is 0 Å². The van der Waals surface area contributed by atoms with Gasteiger partial charge in [0, 0.05) is 0 Å². The third kappa shape index (κ3) is 2.48. The Labute approximate surface area is 120 Å². The molecule has 3 rings (SSSR count). The summed E-state index contributed by atoms with van der Waals surface area (Å²) in [5.74, 6) is 0. The fourth-order valence-electron chi connectivity index (χ4n) is 1.75. The summed E-state index contributed by atoms with van der Waals surface area (Å²) in [4.78, 5) is 4.32. The fourth-order valence-corrected chi connectivity index (χ4v) is 2.56. The van der Waals surface area contributed by atoms with Crippen molar-refractivity contribution in [2.75, 3.05) is 5.73 Å². The molecule has 0 aliphatic carbocycles. The van der Waals surface area contributed by atoms with Gasteiger partial charge < -0.3 is 5.73 Å². The number of benzene rings is 1. The summed E-state index contributed by atoms with van der Waals surface area (Å²) in [5, 5.41) is 13.3. The molecular weight excluding hydrogens is 272 g/mol. The molecule has 0 bridgehead atoms. The number of pyridine rings is 1. The van der Waals surface area contributed by atoms with E-state index in [2.05, 4.69) is 20.5 Å². The first-order valence-electron chi connectivity index (χ1n) is 5.98. The van der Waals surface area contributed by atoms with E-state index in [-0.39, 0.29) is 0 Å². The van der Waals surface area contributed by atoms with Crippen LogP contribution < -0.4 is 5.73 Å². The number of hydrogen-bond donors (Lipinski definition) is 1. The largest absolute Gasteiger partial charge is 0.397 e. The molecule has 3 aromatic rings. The van der Waals surface area contributed by atoms with Gasteiger partial charge in [-0.2, -0.15) is 4.68 Å². The van der Waals surface area contributed by atoms with Crippen LogP contribution in [0.1, 0.15) is 5.56 Å². The third-order valence-electron chi connectivity index (χ3n) is 2.68. The maximum Gasteiger partial charge on any atom is 0.220 e. The predicted molar refractivity (Wildman–Crippen MR) is 76.7 cm³/mol. The van der Waals surface area contributed by atoms with Crippen LogP contribution in [-0.2, 0) is 0 Å². The van der Waals surface area contributed by atoms with Crippen LogP contribution in [0.2, 0.25) is 0 Å². The van der Waals surface area contributed by atoms with Crippen molar-refractivity contribution in [3.05, 3.63) is 48.2 Å². The van der Waals surface area contributed by atoms with Gasteiger partial charge in [0.1, 0.15) is 5.03 Å². The van der Waals surface area contributed by atoms with Gasteiger partial charge in [0.05, 0.1) is 17.6 Å². The number of para-hydroxylation sites is 1. The first-order chi connectivity index (χ1) is 9.74. The normalized spacial score (nSPS) is 10.7. The topological polar surface area (TPSA) is 82.5 Å². The van der Waals surface area contributed by atoms with Gasteiger partial charge in [-0.05, 0) is 52.9 Å². The van der Waals surface area contributed by atoms with Gasteiger partial charge in [-0.1, -0.05) is 18.2 Å². The second-order valence-electron chi connectivity index (χ2n) is 4.20. The van der Waals surface area contributed by atoms with Crippen molar-refractivity contribution in [3.8, 4) is 5.69 Å². The Kier molecular flexibility index (Phi) is 3.34. The van der Waals surface area contributed by atoms with Crippen molar-refractivity contribution < 1.29 is 0 Å². The molecule has 0 spiro atoms. The summed E-state index contributed by atoms with van der Waals surface area (Å²) in [6.45, 7) is 1.96. The molecule has 0 fully saturated rings. The number of nitrogens with two attached hydrogens (primary N) is 1. The molecule has 0 radical (unpaired) electrons. The van der Waals surface area contributed by atoms with Gasteiger partial charge in [0.25, 0.3) is 0 Å². The van der Waals surface area contributed by atoms with E-state index in [1.807, 2.05) is 43.3 Å². The summed E-state index contributed by atoms with van der Waals surface area (Å²) in [7, 11) is 0. The second-order valence-corrected chi connectivity index (χ2v) is 5.16. The molecule has 20 heavy (non-hydrogen) atoms. The van der Waals surface area contributed by atoms with Gasteiger partial charge in [0.15, 0.2) is 0 Å². The number of tetrazole rings is 1. The molecule has 0 atom stereocenters. The molecule has 100 valence electrons. The number of anilines is 1. The minimum Gasteiger partial charge on any atom is -0.397 e. The number of hydrogen-bond acceptors (Lipinski definition) is 6. The van der Waals surface area contributed by atoms with Crippen LogP contribution in [0.3, 0.4) is 0 Å². The quantitative estimate of drug-likeness (QED) is 0.793. The first kappa shape index (κ1) is 12.6. The highest BCUT2D eigenvalue weighted by Crippen LogP contribution is 2.28. The molecular formula is C13H12N6S. The van der Waals surface area contributed by atoms with Crippen molar-refractivity contribution in [1.29, 1.82) is 0 Å². The summed E-state index contributed by atoms with van der Waals surface area (Å²) in [6.07, 6.45) is 1.63. The molecule has 2 aromatic heterocycles. The summed E-state index contributed by atoms with van der Waals surface area (Å²) in [5.41, 5.74) is 8.26. The van der Waals surface area contributed by atoms with E-state index in [4.69, 9.17) is 5.73 Å². The molecule has 2 N–H and O–H groups in total. The maximum atomic E-state index is 5.70. The lowest BCUT2D eigenvalue weighted by molar-refractivity contribution is 0.755. The standard InChI is InChI=1S/C13H12N6S/c1-9-7-10(14)8-15-12(9)20-13-16-17-18-19(13)11-5-3-2-4-6-11/h2-8H,14H2,1H3. The van der Waals surface area contributed by atoms with Gasteiger partial charge in [-0.25, -0.2) is 4.98 Å². The van der Waals surface area contributed by atoms with Crippen molar-refractivity contribution >= 4 is 17.4 Å². The van der Waals surface area contributed by atoms with E-state index in [0.29, 0.717) is 10.8 Å². The Morgan fingerprint density at radius 3 is 2.75 bits per heavy atom. The smallest absolute Gasteiger partial charge is 0.220 e. The average molecular weight is 284 g/mol. The van der Waals surface area contributed by atoms with Crippen LogP contribution in [0.15, 0.2) is 52.8 Å². The highest BCUT2D eigenvalue weighted by atomic mass is 32.2. The number of aryl methyl sites for hydroxylation is 1. The molecule has 0 amide bonds. The summed E-state index contributed by atoms with van der Waals surface area (Å²) < 4.78 is 1.68. The molecule has 0 unspecified atom stereocenters. The van der Waals surface area contributed by atoms with Crippen molar-refractivity contribution in [2.45, 2.75) is 17.1 Å². The lowest BCUT2D eigenvalue weighted by atomic mass is 10.3. The lowest BCUT2D eigenvalue weighted by Gasteiger charge is -2.05. The predicted octanol–water partition coefficient (Wildman–Crippen LogP) is 2.10. The lowest BCUT2D eigenvalue weighted by Crippen LogP contribution is -1.99.